The second kappa shape index (κ2) is 7.03. The lowest BCUT2D eigenvalue weighted by atomic mass is 9.84. The van der Waals surface area contributed by atoms with Crippen molar-refractivity contribution in [2.45, 2.75) is 63.3 Å². The number of hydrogen-bond donors (Lipinski definition) is 1. The Balaban J connectivity index is 1.41. The summed E-state index contributed by atoms with van der Waals surface area (Å²) in [6.07, 6.45) is 9.45. The summed E-state index contributed by atoms with van der Waals surface area (Å²) in [7, 11) is 0. The molecular weight excluding hydrogens is 387 g/mol. The molecule has 27 heavy (non-hydrogen) atoms. The van der Waals surface area contributed by atoms with E-state index in [-0.39, 0.29) is 12.2 Å². The number of hydrogen-bond acceptors (Lipinski definition) is 5. The maximum absolute atomic E-state index is 10.2. The summed E-state index contributed by atoms with van der Waals surface area (Å²) in [5, 5.41) is 15.5. The summed E-state index contributed by atoms with van der Waals surface area (Å²) in [4.78, 5) is 4.03. The van der Waals surface area contributed by atoms with Crippen LogP contribution in [0.2, 0.25) is 10.0 Å². The maximum Gasteiger partial charge on any atom is 0.145 e. The molecule has 0 saturated heterocycles. The maximum atomic E-state index is 10.2. The average molecular weight is 409 g/mol. The Hall–Kier alpha value is -1.14. The molecule has 3 aliphatic carbocycles. The van der Waals surface area contributed by atoms with Gasteiger partial charge in [-0.25, -0.2) is 0 Å². The van der Waals surface area contributed by atoms with Crippen molar-refractivity contribution in [1.29, 1.82) is 0 Å². The third-order valence-corrected chi connectivity index (χ3v) is 6.90. The van der Waals surface area contributed by atoms with Crippen molar-refractivity contribution < 1.29 is 14.4 Å². The molecule has 2 heterocycles. The first kappa shape index (κ1) is 17.9. The predicted octanol–water partition coefficient (Wildman–Crippen LogP) is 4.99. The number of ether oxygens (including phenoxy) is 1. The summed E-state index contributed by atoms with van der Waals surface area (Å²) in [5.41, 5.74) is 2.26. The molecule has 3 fully saturated rings. The predicted molar refractivity (Wildman–Crippen MR) is 102 cm³/mol. The highest BCUT2D eigenvalue weighted by Crippen LogP contribution is 2.47. The molecule has 3 saturated carbocycles. The monoisotopic (exact) mass is 408 g/mol. The van der Waals surface area contributed by atoms with E-state index in [4.69, 9.17) is 32.5 Å². The van der Waals surface area contributed by atoms with Gasteiger partial charge in [-0.1, -0.05) is 28.4 Å². The average Bonchev–Trinajstić information content (AvgIpc) is 3.38. The fraction of sp³-hybridized carbons (Fsp3) is 0.600. The Bertz CT molecular complexity index is 817. The minimum absolute atomic E-state index is 0.146. The van der Waals surface area contributed by atoms with Gasteiger partial charge in [-0.05, 0) is 50.4 Å². The van der Waals surface area contributed by atoms with E-state index in [9.17, 15) is 5.11 Å². The van der Waals surface area contributed by atoms with Crippen LogP contribution in [0.15, 0.2) is 16.9 Å². The van der Waals surface area contributed by atoms with Crippen LogP contribution >= 0.6 is 23.2 Å². The van der Waals surface area contributed by atoms with E-state index in [0.29, 0.717) is 45.7 Å². The summed E-state index contributed by atoms with van der Waals surface area (Å²) in [6, 6.07) is 0. The summed E-state index contributed by atoms with van der Waals surface area (Å²) >= 11 is 12.7. The van der Waals surface area contributed by atoms with E-state index in [0.717, 1.165) is 49.8 Å². The molecule has 1 unspecified atom stereocenters. The van der Waals surface area contributed by atoms with Crippen molar-refractivity contribution in [3.8, 4) is 11.3 Å². The number of halogens is 2. The van der Waals surface area contributed by atoms with Crippen molar-refractivity contribution in [2.24, 2.45) is 11.8 Å². The van der Waals surface area contributed by atoms with Crippen LogP contribution in [0, 0.1) is 11.8 Å². The van der Waals surface area contributed by atoms with Gasteiger partial charge in [0.25, 0.3) is 0 Å². The van der Waals surface area contributed by atoms with Crippen LogP contribution in [0.5, 0.6) is 0 Å². The number of aliphatic hydroxyl groups excluding tert-OH is 1. The second-order valence-electron chi connectivity index (χ2n) is 8.12. The van der Waals surface area contributed by atoms with Gasteiger partial charge in [-0.15, -0.1) is 0 Å². The summed E-state index contributed by atoms with van der Waals surface area (Å²) in [5.74, 6) is 2.06. The van der Waals surface area contributed by atoms with Crippen molar-refractivity contribution in [3.05, 3.63) is 33.8 Å². The van der Waals surface area contributed by atoms with Crippen molar-refractivity contribution in [3.63, 3.8) is 0 Å². The molecule has 5 rings (SSSR count). The first-order valence-electron chi connectivity index (χ1n) is 9.69. The van der Waals surface area contributed by atoms with Crippen LogP contribution in [-0.4, -0.2) is 27.5 Å². The smallest absolute Gasteiger partial charge is 0.145 e. The van der Waals surface area contributed by atoms with Gasteiger partial charge in [0.15, 0.2) is 0 Å². The normalized spacial score (nSPS) is 30.0. The zero-order valence-corrected chi connectivity index (χ0v) is 16.4. The number of aromatic nitrogens is 2. The van der Waals surface area contributed by atoms with Gasteiger partial charge in [0.2, 0.25) is 0 Å². The third-order valence-electron chi connectivity index (χ3n) is 6.33. The number of rotatable bonds is 5. The van der Waals surface area contributed by atoms with E-state index in [1.807, 2.05) is 0 Å². The highest BCUT2D eigenvalue weighted by molar-refractivity contribution is 6.38. The highest BCUT2D eigenvalue weighted by atomic mass is 35.5. The lowest BCUT2D eigenvalue weighted by molar-refractivity contribution is -0.0472. The van der Waals surface area contributed by atoms with Crippen molar-refractivity contribution in [1.82, 2.24) is 10.1 Å². The first-order chi connectivity index (χ1) is 13.1. The minimum Gasteiger partial charge on any atom is -0.393 e. The van der Waals surface area contributed by atoms with Gasteiger partial charge in [-0.3, -0.25) is 4.98 Å². The largest absolute Gasteiger partial charge is 0.393 e. The van der Waals surface area contributed by atoms with E-state index < -0.39 is 0 Å². The quantitative estimate of drug-likeness (QED) is 0.754. The third kappa shape index (κ3) is 3.29. The second-order valence-corrected chi connectivity index (χ2v) is 8.93. The molecule has 144 valence electrons. The van der Waals surface area contributed by atoms with Gasteiger partial charge in [0.05, 0.1) is 28.9 Å². The molecule has 2 bridgehead atoms. The molecule has 4 atom stereocenters. The summed E-state index contributed by atoms with van der Waals surface area (Å²) < 4.78 is 12.0. The summed E-state index contributed by atoms with van der Waals surface area (Å²) in [6.45, 7) is 0.430. The Morgan fingerprint density at radius 1 is 1.07 bits per heavy atom. The van der Waals surface area contributed by atoms with E-state index in [2.05, 4.69) is 10.1 Å². The van der Waals surface area contributed by atoms with Crippen LogP contribution in [-0.2, 0) is 11.3 Å². The first-order valence-corrected chi connectivity index (χ1v) is 10.4. The van der Waals surface area contributed by atoms with E-state index in [1.165, 1.54) is 0 Å². The van der Waals surface area contributed by atoms with E-state index >= 15 is 0 Å². The zero-order valence-electron chi connectivity index (χ0n) is 14.9. The van der Waals surface area contributed by atoms with Crippen LogP contribution in [0.1, 0.15) is 55.8 Å². The van der Waals surface area contributed by atoms with Crippen LogP contribution in [0.4, 0.5) is 0 Å². The van der Waals surface area contributed by atoms with Gasteiger partial charge >= 0.3 is 0 Å². The van der Waals surface area contributed by atoms with Gasteiger partial charge in [0.1, 0.15) is 11.5 Å². The topological polar surface area (TPSA) is 68.4 Å². The Morgan fingerprint density at radius 2 is 1.74 bits per heavy atom. The fourth-order valence-corrected chi connectivity index (χ4v) is 5.28. The van der Waals surface area contributed by atoms with Crippen molar-refractivity contribution >= 4 is 23.2 Å². The van der Waals surface area contributed by atoms with Crippen molar-refractivity contribution in [2.75, 3.05) is 0 Å². The van der Waals surface area contributed by atoms with E-state index in [1.54, 1.807) is 12.4 Å². The SMILES string of the molecule is OC1[C@@H]2CC[C@H]1C[C@H](OCc1c(-c3c(Cl)cncc3Cl)noc1C1CC1)C2. The molecule has 2 aromatic heterocycles. The number of aliphatic hydroxyl groups is 1. The molecule has 7 heteroatoms. The van der Waals surface area contributed by atoms with Gasteiger partial charge < -0.3 is 14.4 Å². The number of pyridine rings is 1. The van der Waals surface area contributed by atoms with Gasteiger partial charge in [-0.2, -0.15) is 0 Å². The minimum atomic E-state index is -0.146. The molecule has 2 aromatic rings. The fourth-order valence-electron chi connectivity index (χ4n) is 4.74. The molecular formula is C20H22Cl2N2O3. The van der Waals surface area contributed by atoms with Gasteiger partial charge in [0, 0.05) is 29.4 Å². The molecule has 0 amide bonds. The highest BCUT2D eigenvalue weighted by Gasteiger charge is 2.42. The zero-order chi connectivity index (χ0) is 18.5. The number of nitrogens with zero attached hydrogens (tertiary/aromatic N) is 2. The van der Waals surface area contributed by atoms with Crippen LogP contribution < -0.4 is 0 Å². The van der Waals surface area contributed by atoms with Crippen LogP contribution in [0.3, 0.4) is 0 Å². The lowest BCUT2D eigenvalue weighted by Gasteiger charge is -2.32. The molecule has 3 aliphatic rings. The molecule has 0 aliphatic heterocycles. The number of fused-ring (bicyclic) bond motifs is 2. The standard InChI is InChI=1S/C20H22Cl2N2O3/c21-15-7-23-8-16(22)17(15)18-14(20(27-24-18)10-1-2-10)9-26-13-5-11-3-4-12(6-13)19(11)25/h7-8,10-13,19,25H,1-6,9H2/t11-,12+,13-,19?. The molecule has 0 aromatic carbocycles. The lowest BCUT2D eigenvalue weighted by Crippen LogP contribution is -2.34. The Kier molecular flexibility index (Phi) is 4.67. The molecule has 1 N–H and O–H groups in total. The molecule has 0 spiro atoms. The Labute approximate surface area is 168 Å². The van der Waals surface area contributed by atoms with Crippen LogP contribution in [0.25, 0.3) is 11.3 Å². The molecule has 0 radical (unpaired) electrons. The Morgan fingerprint density at radius 3 is 2.37 bits per heavy atom. The molecule has 5 nitrogen and oxygen atoms in total.